The normalized spacial score (nSPS) is 14.1. The molecule has 7 nitrogen and oxygen atoms in total. The Morgan fingerprint density at radius 3 is 3.04 bits per heavy atom. The number of aromatic nitrogens is 4. The Labute approximate surface area is 163 Å². The highest BCUT2D eigenvalue weighted by Gasteiger charge is 2.29. The first-order valence-corrected chi connectivity index (χ1v) is 9.54. The van der Waals surface area contributed by atoms with E-state index in [9.17, 15) is 0 Å². The van der Waals surface area contributed by atoms with Crippen LogP contribution in [0.15, 0.2) is 29.4 Å². The maximum Gasteiger partial charge on any atom is 0.216 e. The highest BCUT2D eigenvalue weighted by molar-refractivity contribution is 7.71. The van der Waals surface area contributed by atoms with Crippen LogP contribution in [0.2, 0.25) is 5.15 Å². The average Bonchev–Trinajstić information content (AvgIpc) is 3.33. The average molecular weight is 407 g/mol. The van der Waals surface area contributed by atoms with Gasteiger partial charge in [0.2, 0.25) is 4.77 Å². The summed E-state index contributed by atoms with van der Waals surface area (Å²) in [6.07, 6.45) is 3.89. The lowest BCUT2D eigenvalue weighted by Crippen LogP contribution is -1.96. The van der Waals surface area contributed by atoms with Gasteiger partial charge in [-0.05, 0) is 37.2 Å². The number of hydrogen-bond donors (Lipinski definition) is 2. The van der Waals surface area contributed by atoms with Crippen LogP contribution in [0.25, 0.3) is 0 Å². The number of benzene rings is 1. The SMILES string of the molecule is COc1ccccc1Nc1nc(Cl)c(/C=N/n2c(C3CC3)n[nH]c2=S)s1. The highest BCUT2D eigenvalue weighted by Crippen LogP contribution is 2.39. The molecule has 26 heavy (non-hydrogen) atoms. The van der Waals surface area contributed by atoms with E-state index < -0.39 is 0 Å². The number of nitrogens with one attached hydrogen (secondary N) is 2. The minimum absolute atomic E-state index is 0.374. The van der Waals surface area contributed by atoms with Crippen LogP contribution < -0.4 is 10.1 Å². The molecule has 1 aromatic carbocycles. The fraction of sp³-hybridized carbons (Fsp3) is 0.250. The number of halogens is 1. The topological polar surface area (TPSA) is 80.1 Å². The van der Waals surface area contributed by atoms with E-state index >= 15 is 0 Å². The lowest BCUT2D eigenvalue weighted by atomic mass is 10.3. The zero-order valence-electron chi connectivity index (χ0n) is 13.8. The van der Waals surface area contributed by atoms with E-state index in [1.165, 1.54) is 11.3 Å². The van der Waals surface area contributed by atoms with Crippen molar-refractivity contribution in [3.63, 3.8) is 0 Å². The van der Waals surface area contributed by atoms with Crippen molar-refractivity contribution >= 4 is 52.2 Å². The summed E-state index contributed by atoms with van der Waals surface area (Å²) in [5.41, 5.74) is 0.817. The molecule has 3 aromatic rings. The van der Waals surface area contributed by atoms with Gasteiger partial charge in [-0.3, -0.25) is 5.10 Å². The zero-order valence-corrected chi connectivity index (χ0v) is 16.2. The van der Waals surface area contributed by atoms with Crippen molar-refractivity contribution in [3.8, 4) is 5.75 Å². The molecule has 1 saturated carbocycles. The first kappa shape index (κ1) is 17.2. The smallest absolute Gasteiger partial charge is 0.216 e. The standard InChI is InChI=1S/C16H15ClN6OS2/c1-24-11-5-3-2-4-10(11)19-15-20-13(17)12(26-15)8-18-23-14(9-6-7-9)21-22-16(23)25/h2-5,8-9H,6-7H2,1H3,(H,19,20)(H,22,25)/b18-8+. The Morgan fingerprint density at radius 1 is 1.46 bits per heavy atom. The van der Waals surface area contributed by atoms with Crippen LogP contribution in [0.5, 0.6) is 5.75 Å². The van der Waals surface area contributed by atoms with E-state index in [1.54, 1.807) is 18.0 Å². The van der Waals surface area contributed by atoms with Crippen molar-refractivity contribution in [3.05, 3.63) is 44.9 Å². The monoisotopic (exact) mass is 406 g/mol. The molecule has 2 aromatic heterocycles. The van der Waals surface area contributed by atoms with Crippen molar-refractivity contribution < 1.29 is 4.74 Å². The highest BCUT2D eigenvalue weighted by atomic mass is 35.5. The van der Waals surface area contributed by atoms with Crippen LogP contribution in [0.3, 0.4) is 0 Å². The number of hydrogen-bond acceptors (Lipinski definition) is 7. The van der Waals surface area contributed by atoms with Gasteiger partial charge in [-0.1, -0.05) is 35.1 Å². The van der Waals surface area contributed by atoms with E-state index in [4.69, 9.17) is 28.6 Å². The maximum atomic E-state index is 6.26. The maximum absolute atomic E-state index is 6.26. The van der Waals surface area contributed by atoms with Gasteiger partial charge in [0.05, 0.1) is 23.9 Å². The van der Waals surface area contributed by atoms with Crippen molar-refractivity contribution in [2.75, 3.05) is 12.4 Å². The summed E-state index contributed by atoms with van der Waals surface area (Å²) >= 11 is 12.9. The number of anilines is 2. The third kappa shape index (κ3) is 3.50. The fourth-order valence-corrected chi connectivity index (χ4v) is 3.66. The van der Waals surface area contributed by atoms with Crippen LogP contribution in [-0.4, -0.2) is 33.2 Å². The second-order valence-corrected chi connectivity index (χ2v) is 7.49. The van der Waals surface area contributed by atoms with E-state index in [0.29, 0.717) is 21.0 Å². The summed E-state index contributed by atoms with van der Waals surface area (Å²) in [5, 5.41) is 15.7. The number of rotatable bonds is 6. The Bertz CT molecular complexity index is 1020. The van der Waals surface area contributed by atoms with Gasteiger partial charge in [0, 0.05) is 5.92 Å². The Kier molecular flexibility index (Phi) is 4.75. The van der Waals surface area contributed by atoms with E-state index in [2.05, 4.69) is 25.6 Å². The van der Waals surface area contributed by atoms with Crippen LogP contribution in [0.4, 0.5) is 10.8 Å². The molecule has 134 valence electrons. The van der Waals surface area contributed by atoms with E-state index in [0.717, 1.165) is 35.0 Å². The lowest BCUT2D eigenvalue weighted by molar-refractivity contribution is 0.417. The Hall–Kier alpha value is -2.23. The number of para-hydroxylation sites is 2. The van der Waals surface area contributed by atoms with Gasteiger partial charge in [-0.2, -0.15) is 14.9 Å². The largest absolute Gasteiger partial charge is 0.495 e. The summed E-state index contributed by atoms with van der Waals surface area (Å²) in [4.78, 5) is 5.07. The van der Waals surface area contributed by atoms with Crippen LogP contribution in [0.1, 0.15) is 29.5 Å². The van der Waals surface area contributed by atoms with Gasteiger partial charge in [0.15, 0.2) is 16.1 Å². The number of methoxy groups -OCH3 is 1. The number of thiazole rings is 1. The molecule has 0 bridgehead atoms. The van der Waals surface area contributed by atoms with Crippen molar-refractivity contribution in [2.24, 2.45) is 5.10 Å². The third-order valence-corrected chi connectivity index (χ3v) is 5.44. The van der Waals surface area contributed by atoms with Crippen LogP contribution in [0, 0.1) is 4.77 Å². The first-order valence-electron chi connectivity index (χ1n) is 7.93. The lowest BCUT2D eigenvalue weighted by Gasteiger charge is -2.07. The molecular formula is C16H15ClN6OS2. The predicted octanol–water partition coefficient (Wildman–Crippen LogP) is 4.56. The summed E-state index contributed by atoms with van der Waals surface area (Å²) in [6.45, 7) is 0. The second-order valence-electron chi connectivity index (χ2n) is 5.72. The third-order valence-electron chi connectivity index (χ3n) is 3.87. The summed E-state index contributed by atoms with van der Waals surface area (Å²) < 4.78 is 7.45. The Morgan fingerprint density at radius 2 is 2.27 bits per heavy atom. The van der Waals surface area contributed by atoms with Crippen molar-refractivity contribution in [1.29, 1.82) is 0 Å². The number of aromatic amines is 1. The van der Waals surface area contributed by atoms with E-state index in [1.807, 2.05) is 24.3 Å². The quantitative estimate of drug-likeness (QED) is 0.463. The van der Waals surface area contributed by atoms with Crippen molar-refractivity contribution in [1.82, 2.24) is 19.9 Å². The molecule has 0 saturated heterocycles. The predicted molar refractivity (Wildman–Crippen MR) is 106 cm³/mol. The summed E-state index contributed by atoms with van der Waals surface area (Å²) in [7, 11) is 1.62. The van der Waals surface area contributed by atoms with Gasteiger partial charge in [-0.15, -0.1) is 0 Å². The van der Waals surface area contributed by atoms with Crippen LogP contribution >= 0.6 is 35.2 Å². The van der Waals surface area contributed by atoms with Crippen molar-refractivity contribution in [2.45, 2.75) is 18.8 Å². The molecule has 1 aliphatic carbocycles. The van der Waals surface area contributed by atoms with Gasteiger partial charge < -0.3 is 10.1 Å². The van der Waals surface area contributed by atoms with Gasteiger partial charge in [0.25, 0.3) is 0 Å². The zero-order chi connectivity index (χ0) is 18.1. The summed E-state index contributed by atoms with van der Waals surface area (Å²) in [6, 6.07) is 7.61. The molecule has 1 aliphatic rings. The molecule has 4 rings (SSSR count). The van der Waals surface area contributed by atoms with Gasteiger partial charge in [0.1, 0.15) is 5.75 Å². The number of H-pyrrole nitrogens is 1. The Balaban J connectivity index is 1.57. The molecular weight excluding hydrogens is 392 g/mol. The van der Waals surface area contributed by atoms with E-state index in [-0.39, 0.29) is 0 Å². The molecule has 0 radical (unpaired) electrons. The molecule has 10 heteroatoms. The molecule has 0 aliphatic heterocycles. The minimum Gasteiger partial charge on any atom is -0.495 e. The number of ether oxygens (including phenoxy) is 1. The molecule has 0 amide bonds. The molecule has 0 unspecified atom stereocenters. The number of nitrogens with zero attached hydrogens (tertiary/aromatic N) is 4. The first-order chi connectivity index (χ1) is 12.7. The van der Waals surface area contributed by atoms with Crippen LogP contribution in [-0.2, 0) is 0 Å². The molecule has 2 heterocycles. The molecule has 1 fully saturated rings. The summed E-state index contributed by atoms with van der Waals surface area (Å²) in [5.74, 6) is 2.02. The fourth-order valence-electron chi connectivity index (χ4n) is 2.44. The minimum atomic E-state index is 0.374. The second kappa shape index (κ2) is 7.18. The molecule has 2 N–H and O–H groups in total. The van der Waals surface area contributed by atoms with Gasteiger partial charge in [-0.25, -0.2) is 4.98 Å². The van der Waals surface area contributed by atoms with Gasteiger partial charge >= 0.3 is 0 Å². The molecule has 0 spiro atoms. The molecule has 0 atom stereocenters.